The number of aromatic nitrogens is 1. The van der Waals surface area contributed by atoms with E-state index in [2.05, 4.69) is 15.0 Å². The summed E-state index contributed by atoms with van der Waals surface area (Å²) in [7, 11) is 0. The minimum atomic E-state index is -4.36. The number of benzene rings is 1. The van der Waals surface area contributed by atoms with E-state index in [0.717, 1.165) is 5.39 Å². The van der Waals surface area contributed by atoms with Crippen LogP contribution in [0.5, 0.6) is 0 Å². The molecule has 0 radical (unpaired) electrons. The van der Waals surface area contributed by atoms with Gasteiger partial charge in [0.2, 0.25) is 0 Å². The molecule has 1 heterocycles. The molecule has 2 rings (SSSR count). The highest BCUT2D eigenvalue weighted by Crippen LogP contribution is 2.16. The van der Waals surface area contributed by atoms with Crippen LogP contribution in [-0.4, -0.2) is 36.8 Å². The maximum atomic E-state index is 12.0. The lowest BCUT2D eigenvalue weighted by molar-refractivity contribution is -0.173. The van der Waals surface area contributed by atoms with Crippen LogP contribution in [0.4, 0.5) is 13.2 Å². The van der Waals surface area contributed by atoms with Gasteiger partial charge in [-0.05, 0) is 12.1 Å². The Morgan fingerprint density at radius 2 is 2.00 bits per heavy atom. The van der Waals surface area contributed by atoms with Crippen molar-refractivity contribution in [2.75, 3.05) is 19.8 Å². The maximum absolute atomic E-state index is 12.0. The molecule has 7 heteroatoms. The first-order valence-electron chi connectivity index (χ1n) is 6.24. The first kappa shape index (κ1) is 15.2. The van der Waals surface area contributed by atoms with Crippen LogP contribution in [0.25, 0.3) is 10.9 Å². The number of pyridine rings is 1. The zero-order valence-electron chi connectivity index (χ0n) is 11.0. The van der Waals surface area contributed by atoms with Gasteiger partial charge in [-0.3, -0.25) is 9.78 Å². The van der Waals surface area contributed by atoms with Crippen molar-refractivity contribution in [1.29, 1.82) is 0 Å². The summed E-state index contributed by atoms with van der Waals surface area (Å²) in [6, 6.07) is 8.74. The van der Waals surface area contributed by atoms with Crippen LogP contribution in [-0.2, 0) is 4.74 Å². The van der Waals surface area contributed by atoms with Gasteiger partial charge in [-0.2, -0.15) is 13.2 Å². The predicted octanol–water partition coefficient (Wildman–Crippen LogP) is 2.54. The fourth-order valence-electron chi connectivity index (χ4n) is 1.81. The molecule has 0 spiro atoms. The third-order valence-electron chi connectivity index (χ3n) is 2.68. The van der Waals surface area contributed by atoms with Crippen molar-refractivity contribution in [2.45, 2.75) is 6.18 Å². The molecule has 1 amide bonds. The van der Waals surface area contributed by atoms with Crippen molar-refractivity contribution in [1.82, 2.24) is 10.3 Å². The molecule has 0 fully saturated rings. The van der Waals surface area contributed by atoms with Crippen molar-refractivity contribution in [3.05, 3.63) is 42.1 Å². The molecular formula is C14H13F3N2O2. The van der Waals surface area contributed by atoms with Crippen LogP contribution in [0.1, 0.15) is 10.4 Å². The Morgan fingerprint density at radius 1 is 1.24 bits per heavy atom. The molecule has 2 aromatic rings. The predicted molar refractivity (Wildman–Crippen MR) is 71.0 cm³/mol. The average Bonchev–Trinajstić information content (AvgIpc) is 2.45. The number of carbonyl (C=O) groups excluding carboxylic acids is 1. The molecule has 1 aromatic carbocycles. The van der Waals surface area contributed by atoms with Crippen molar-refractivity contribution in [3.8, 4) is 0 Å². The second-order valence-electron chi connectivity index (χ2n) is 4.30. The quantitative estimate of drug-likeness (QED) is 0.863. The van der Waals surface area contributed by atoms with E-state index in [9.17, 15) is 18.0 Å². The Hall–Kier alpha value is -2.15. The van der Waals surface area contributed by atoms with Crippen LogP contribution in [0.2, 0.25) is 0 Å². The molecule has 0 aliphatic heterocycles. The van der Waals surface area contributed by atoms with E-state index >= 15 is 0 Å². The number of para-hydroxylation sites is 1. The van der Waals surface area contributed by atoms with Gasteiger partial charge in [-0.25, -0.2) is 0 Å². The van der Waals surface area contributed by atoms with Crippen LogP contribution in [0.15, 0.2) is 36.5 Å². The van der Waals surface area contributed by atoms with Crippen LogP contribution >= 0.6 is 0 Å². The summed E-state index contributed by atoms with van der Waals surface area (Å²) in [6.45, 7) is -1.53. The minimum Gasteiger partial charge on any atom is -0.370 e. The lowest BCUT2D eigenvalue weighted by Gasteiger charge is -2.09. The van der Waals surface area contributed by atoms with E-state index in [4.69, 9.17) is 0 Å². The number of amides is 1. The van der Waals surface area contributed by atoms with E-state index in [0.29, 0.717) is 11.1 Å². The Labute approximate surface area is 118 Å². The maximum Gasteiger partial charge on any atom is 0.411 e. The highest BCUT2D eigenvalue weighted by atomic mass is 19.4. The number of alkyl halides is 3. The Balaban J connectivity index is 1.91. The van der Waals surface area contributed by atoms with Crippen LogP contribution < -0.4 is 5.32 Å². The molecule has 112 valence electrons. The van der Waals surface area contributed by atoms with Gasteiger partial charge in [0.25, 0.3) is 5.91 Å². The molecule has 0 aliphatic carbocycles. The monoisotopic (exact) mass is 298 g/mol. The van der Waals surface area contributed by atoms with E-state index in [1.165, 1.54) is 0 Å². The van der Waals surface area contributed by atoms with Gasteiger partial charge in [0.05, 0.1) is 17.7 Å². The standard InChI is InChI=1S/C14H13F3N2O2/c15-14(16,17)9-21-8-7-19-13(20)11-5-1-3-10-4-2-6-18-12(10)11/h1-6H,7-9H2,(H,19,20). The van der Waals surface area contributed by atoms with E-state index < -0.39 is 18.7 Å². The highest BCUT2D eigenvalue weighted by Gasteiger charge is 2.27. The van der Waals surface area contributed by atoms with Gasteiger partial charge < -0.3 is 10.1 Å². The van der Waals surface area contributed by atoms with Gasteiger partial charge in [0.1, 0.15) is 6.61 Å². The SMILES string of the molecule is O=C(NCCOCC(F)(F)F)c1cccc2cccnc12. The van der Waals surface area contributed by atoms with Crippen LogP contribution in [0, 0.1) is 0 Å². The molecule has 1 N–H and O–H groups in total. The minimum absolute atomic E-state index is 0.00185. The number of rotatable bonds is 5. The topological polar surface area (TPSA) is 51.2 Å². The Kier molecular flexibility index (Phi) is 4.74. The number of carbonyl (C=O) groups is 1. The molecule has 0 bridgehead atoms. The summed E-state index contributed by atoms with van der Waals surface area (Å²) < 4.78 is 40.0. The molecule has 0 saturated heterocycles. The largest absolute Gasteiger partial charge is 0.411 e. The highest BCUT2D eigenvalue weighted by molar-refractivity contribution is 6.05. The second kappa shape index (κ2) is 6.53. The third-order valence-corrected chi connectivity index (χ3v) is 2.68. The summed E-state index contributed by atoms with van der Waals surface area (Å²) in [6.07, 6.45) is -2.78. The van der Waals surface area contributed by atoms with Crippen molar-refractivity contribution in [2.24, 2.45) is 0 Å². The number of nitrogens with zero attached hydrogens (tertiary/aromatic N) is 1. The van der Waals surface area contributed by atoms with Crippen molar-refractivity contribution < 1.29 is 22.7 Å². The van der Waals surface area contributed by atoms with E-state index in [-0.39, 0.29) is 13.2 Å². The number of fused-ring (bicyclic) bond motifs is 1. The van der Waals surface area contributed by atoms with Gasteiger partial charge >= 0.3 is 6.18 Å². The number of halogens is 3. The van der Waals surface area contributed by atoms with Crippen molar-refractivity contribution >= 4 is 16.8 Å². The van der Waals surface area contributed by atoms with Gasteiger partial charge in [-0.1, -0.05) is 18.2 Å². The molecule has 0 aliphatic rings. The lowest BCUT2D eigenvalue weighted by Crippen LogP contribution is -2.29. The van der Waals surface area contributed by atoms with Gasteiger partial charge in [0.15, 0.2) is 0 Å². The number of hydrogen-bond donors (Lipinski definition) is 1. The molecule has 1 aromatic heterocycles. The number of ether oxygens (including phenoxy) is 1. The molecule has 0 saturated carbocycles. The summed E-state index contributed by atoms with van der Waals surface area (Å²) in [4.78, 5) is 16.1. The average molecular weight is 298 g/mol. The summed E-state index contributed by atoms with van der Waals surface area (Å²) in [5.41, 5.74) is 0.928. The first-order valence-corrected chi connectivity index (χ1v) is 6.24. The summed E-state index contributed by atoms with van der Waals surface area (Å²) in [5, 5.41) is 3.32. The molecule has 0 atom stereocenters. The van der Waals surface area contributed by atoms with Gasteiger partial charge in [-0.15, -0.1) is 0 Å². The van der Waals surface area contributed by atoms with Crippen molar-refractivity contribution in [3.63, 3.8) is 0 Å². The zero-order valence-corrected chi connectivity index (χ0v) is 11.0. The van der Waals surface area contributed by atoms with Crippen LogP contribution in [0.3, 0.4) is 0 Å². The normalized spacial score (nSPS) is 11.6. The molecular weight excluding hydrogens is 285 g/mol. The summed E-state index contributed by atoms with van der Waals surface area (Å²) in [5.74, 6) is -0.394. The lowest BCUT2D eigenvalue weighted by atomic mass is 10.1. The van der Waals surface area contributed by atoms with E-state index in [1.807, 2.05) is 12.1 Å². The fraction of sp³-hybridized carbons (Fsp3) is 0.286. The zero-order chi connectivity index (χ0) is 15.3. The Bertz CT molecular complexity index is 624. The van der Waals surface area contributed by atoms with Gasteiger partial charge in [0, 0.05) is 18.1 Å². The molecule has 0 unspecified atom stereocenters. The second-order valence-corrected chi connectivity index (χ2v) is 4.30. The first-order chi connectivity index (χ1) is 9.97. The number of nitrogens with one attached hydrogen (secondary N) is 1. The number of hydrogen-bond acceptors (Lipinski definition) is 3. The van der Waals surface area contributed by atoms with E-state index in [1.54, 1.807) is 24.4 Å². The third kappa shape index (κ3) is 4.42. The smallest absolute Gasteiger partial charge is 0.370 e. The summed E-state index contributed by atoms with van der Waals surface area (Å²) >= 11 is 0. The molecule has 21 heavy (non-hydrogen) atoms. The fourth-order valence-corrected chi connectivity index (χ4v) is 1.81. The Morgan fingerprint density at radius 3 is 2.76 bits per heavy atom. The molecule has 4 nitrogen and oxygen atoms in total.